The van der Waals surface area contributed by atoms with Gasteiger partial charge in [0.1, 0.15) is 5.58 Å². The molecule has 5 aromatic rings. The first kappa shape index (κ1) is 18.3. The summed E-state index contributed by atoms with van der Waals surface area (Å²) in [6.07, 6.45) is 2.08. The quantitative estimate of drug-likeness (QED) is 0.340. The van der Waals surface area contributed by atoms with E-state index in [-0.39, 0.29) is 0 Å². The summed E-state index contributed by atoms with van der Waals surface area (Å²) in [6.45, 7) is 2.17. The molecule has 4 heteroatoms. The Kier molecular flexibility index (Phi) is 4.40. The smallest absolute Gasteiger partial charge is 0.335 e. The molecule has 0 fully saturated rings. The van der Waals surface area contributed by atoms with Crippen molar-refractivity contribution in [2.24, 2.45) is 0 Å². The van der Waals surface area contributed by atoms with Gasteiger partial charge in [0.15, 0.2) is 5.76 Å². The molecular weight excluding hydrogens is 374 g/mol. The lowest BCUT2D eigenvalue weighted by molar-refractivity contribution is 0.0697. The van der Waals surface area contributed by atoms with Crippen molar-refractivity contribution >= 4 is 27.7 Å². The first-order valence-electron chi connectivity index (χ1n) is 10.1. The number of aromatic nitrogens is 1. The fourth-order valence-corrected chi connectivity index (χ4v) is 3.98. The molecule has 0 saturated heterocycles. The molecular formula is C26H21NO3. The van der Waals surface area contributed by atoms with Crippen LogP contribution < -0.4 is 0 Å². The van der Waals surface area contributed by atoms with Crippen LogP contribution >= 0.6 is 0 Å². The highest BCUT2D eigenvalue weighted by Crippen LogP contribution is 2.32. The molecule has 148 valence electrons. The average molecular weight is 395 g/mol. The first-order chi connectivity index (χ1) is 14.6. The minimum atomic E-state index is -0.914. The summed E-state index contributed by atoms with van der Waals surface area (Å²) in [5, 5.41) is 12.2. The number of fused-ring (bicyclic) bond motifs is 2. The molecule has 0 aliphatic rings. The topological polar surface area (TPSA) is 66.2 Å². The molecule has 2 heterocycles. The zero-order valence-corrected chi connectivity index (χ0v) is 16.6. The number of aromatic carboxylic acids is 1. The molecule has 30 heavy (non-hydrogen) atoms. The van der Waals surface area contributed by atoms with Crippen molar-refractivity contribution in [3.05, 3.63) is 83.9 Å². The molecule has 4 nitrogen and oxygen atoms in total. The molecule has 0 spiro atoms. The second-order valence-electron chi connectivity index (χ2n) is 7.56. The van der Waals surface area contributed by atoms with Crippen molar-refractivity contribution in [1.29, 1.82) is 0 Å². The molecule has 0 amide bonds. The lowest BCUT2D eigenvalue weighted by Gasteiger charge is -2.04. The molecule has 0 aliphatic carbocycles. The van der Waals surface area contributed by atoms with Crippen molar-refractivity contribution in [3.8, 4) is 22.7 Å². The van der Waals surface area contributed by atoms with Crippen molar-refractivity contribution in [2.45, 2.75) is 19.8 Å². The SMILES string of the molecule is CCCc1cccc2cc(-c3ccc(-c4ccc5cc(C(=O)O)ccc5c4)[nH]3)oc12. The maximum atomic E-state index is 11.2. The molecule has 3 aromatic carbocycles. The third kappa shape index (κ3) is 3.16. The normalized spacial score (nSPS) is 11.4. The van der Waals surface area contributed by atoms with Gasteiger partial charge in [-0.15, -0.1) is 0 Å². The van der Waals surface area contributed by atoms with E-state index in [1.54, 1.807) is 12.1 Å². The zero-order valence-electron chi connectivity index (χ0n) is 16.6. The summed E-state index contributed by atoms with van der Waals surface area (Å²) in [7, 11) is 0. The molecule has 0 bridgehead atoms. The van der Waals surface area contributed by atoms with Crippen LogP contribution in [0.15, 0.2) is 77.2 Å². The highest BCUT2D eigenvalue weighted by molar-refractivity contribution is 5.95. The van der Waals surface area contributed by atoms with E-state index in [4.69, 9.17) is 4.42 Å². The van der Waals surface area contributed by atoms with E-state index >= 15 is 0 Å². The number of para-hydroxylation sites is 1. The molecule has 0 saturated carbocycles. The summed E-state index contributed by atoms with van der Waals surface area (Å²) in [5.41, 5.74) is 5.46. The van der Waals surface area contributed by atoms with Crippen LogP contribution in [0, 0.1) is 0 Å². The van der Waals surface area contributed by atoms with E-state index in [0.29, 0.717) is 5.56 Å². The summed E-state index contributed by atoms with van der Waals surface area (Å²) in [4.78, 5) is 14.6. The summed E-state index contributed by atoms with van der Waals surface area (Å²) < 4.78 is 6.21. The number of rotatable bonds is 5. The summed E-state index contributed by atoms with van der Waals surface area (Å²) >= 11 is 0. The Balaban J connectivity index is 1.51. The second-order valence-corrected chi connectivity index (χ2v) is 7.56. The predicted octanol–water partition coefficient (Wildman–Crippen LogP) is 6.90. The number of hydrogen-bond donors (Lipinski definition) is 2. The van der Waals surface area contributed by atoms with Crippen LogP contribution in [0.1, 0.15) is 29.3 Å². The lowest BCUT2D eigenvalue weighted by Crippen LogP contribution is -1.95. The minimum absolute atomic E-state index is 0.296. The van der Waals surface area contributed by atoms with Gasteiger partial charge in [-0.1, -0.05) is 49.7 Å². The number of carboxylic acid groups (broad SMARTS) is 1. The van der Waals surface area contributed by atoms with Crippen molar-refractivity contribution < 1.29 is 14.3 Å². The van der Waals surface area contributed by atoms with Crippen molar-refractivity contribution in [1.82, 2.24) is 4.98 Å². The zero-order chi connectivity index (χ0) is 20.7. The number of H-pyrrole nitrogens is 1. The molecule has 5 rings (SSSR count). The number of furan rings is 1. The van der Waals surface area contributed by atoms with Gasteiger partial charge < -0.3 is 14.5 Å². The van der Waals surface area contributed by atoms with Gasteiger partial charge in [-0.3, -0.25) is 0 Å². The van der Waals surface area contributed by atoms with Crippen molar-refractivity contribution in [2.75, 3.05) is 0 Å². The van der Waals surface area contributed by atoms with Gasteiger partial charge in [-0.2, -0.15) is 0 Å². The standard InChI is InChI=1S/C26H21NO3/c1-2-4-16-5-3-6-20-15-24(30-25(16)20)23-12-11-22(27-23)19-9-7-18-14-21(26(28)29)10-8-17(18)13-19/h3,5-15,27H,2,4H2,1H3,(H,28,29). The molecule has 0 aliphatic heterocycles. The number of carbonyl (C=O) groups is 1. The minimum Gasteiger partial charge on any atom is -0.478 e. The fourth-order valence-electron chi connectivity index (χ4n) is 3.98. The van der Waals surface area contributed by atoms with Crippen LogP contribution in [0.3, 0.4) is 0 Å². The van der Waals surface area contributed by atoms with Crippen LogP contribution in [0.4, 0.5) is 0 Å². The molecule has 2 aromatic heterocycles. The number of carboxylic acids is 1. The van der Waals surface area contributed by atoms with Gasteiger partial charge in [-0.25, -0.2) is 4.79 Å². The Morgan fingerprint density at radius 2 is 1.70 bits per heavy atom. The molecule has 0 atom stereocenters. The van der Waals surface area contributed by atoms with E-state index in [2.05, 4.69) is 42.2 Å². The third-order valence-electron chi connectivity index (χ3n) is 5.49. The van der Waals surface area contributed by atoms with Crippen LogP contribution in [0.5, 0.6) is 0 Å². The van der Waals surface area contributed by atoms with E-state index in [0.717, 1.165) is 57.3 Å². The lowest BCUT2D eigenvalue weighted by atomic mass is 10.0. The van der Waals surface area contributed by atoms with Crippen LogP contribution in [-0.2, 0) is 6.42 Å². The predicted molar refractivity (Wildman–Crippen MR) is 120 cm³/mol. The Morgan fingerprint density at radius 1 is 0.900 bits per heavy atom. The number of aryl methyl sites for hydroxylation is 1. The van der Waals surface area contributed by atoms with E-state index in [1.807, 2.05) is 30.3 Å². The highest BCUT2D eigenvalue weighted by atomic mass is 16.4. The highest BCUT2D eigenvalue weighted by Gasteiger charge is 2.12. The van der Waals surface area contributed by atoms with Gasteiger partial charge in [0.25, 0.3) is 0 Å². The maximum Gasteiger partial charge on any atom is 0.335 e. The van der Waals surface area contributed by atoms with E-state index in [1.165, 1.54) is 5.56 Å². The first-order valence-corrected chi connectivity index (χ1v) is 10.1. The molecule has 0 unspecified atom stereocenters. The van der Waals surface area contributed by atoms with Gasteiger partial charge in [-0.05, 0) is 64.7 Å². The Morgan fingerprint density at radius 3 is 2.53 bits per heavy atom. The fraction of sp³-hybridized carbons (Fsp3) is 0.115. The van der Waals surface area contributed by atoms with Crippen LogP contribution in [0.2, 0.25) is 0 Å². The van der Waals surface area contributed by atoms with Crippen LogP contribution in [-0.4, -0.2) is 16.1 Å². The Hall–Kier alpha value is -3.79. The largest absolute Gasteiger partial charge is 0.478 e. The Bertz CT molecular complexity index is 1390. The van der Waals surface area contributed by atoms with Crippen LogP contribution in [0.25, 0.3) is 44.5 Å². The van der Waals surface area contributed by atoms with Gasteiger partial charge in [0.05, 0.1) is 11.3 Å². The van der Waals surface area contributed by atoms with E-state index in [9.17, 15) is 9.90 Å². The van der Waals surface area contributed by atoms with Crippen molar-refractivity contribution in [3.63, 3.8) is 0 Å². The monoisotopic (exact) mass is 395 g/mol. The number of benzene rings is 3. The Labute approximate surface area is 173 Å². The summed E-state index contributed by atoms with van der Waals surface area (Å²) in [5.74, 6) is -0.0883. The van der Waals surface area contributed by atoms with E-state index < -0.39 is 5.97 Å². The second kappa shape index (κ2) is 7.23. The number of nitrogens with one attached hydrogen (secondary N) is 1. The maximum absolute atomic E-state index is 11.2. The molecule has 0 radical (unpaired) electrons. The average Bonchev–Trinajstić information content (AvgIpc) is 3.41. The summed E-state index contributed by atoms with van der Waals surface area (Å²) in [6, 6.07) is 23.7. The number of aromatic amines is 1. The van der Waals surface area contributed by atoms with Gasteiger partial charge in [0.2, 0.25) is 0 Å². The van der Waals surface area contributed by atoms with Gasteiger partial charge >= 0.3 is 5.97 Å². The van der Waals surface area contributed by atoms with Gasteiger partial charge in [0, 0.05) is 11.1 Å². The number of hydrogen-bond acceptors (Lipinski definition) is 2. The molecule has 2 N–H and O–H groups in total. The third-order valence-corrected chi connectivity index (χ3v) is 5.49.